The van der Waals surface area contributed by atoms with Gasteiger partial charge in [0, 0.05) is 11.7 Å². The van der Waals surface area contributed by atoms with Gasteiger partial charge in [0.25, 0.3) is 0 Å². The molecule has 1 aromatic carbocycles. The lowest BCUT2D eigenvalue weighted by Gasteiger charge is -2.07. The molecule has 3 nitrogen and oxygen atoms in total. The van der Waals surface area contributed by atoms with Crippen molar-refractivity contribution in [2.24, 2.45) is 5.73 Å². The van der Waals surface area contributed by atoms with Crippen LogP contribution in [0.25, 0.3) is 0 Å². The van der Waals surface area contributed by atoms with Crippen LogP contribution >= 0.6 is 0 Å². The van der Waals surface area contributed by atoms with E-state index in [1.165, 1.54) is 22.4 Å². The summed E-state index contributed by atoms with van der Waals surface area (Å²) in [5.41, 5.74) is 12.1. The summed E-state index contributed by atoms with van der Waals surface area (Å²) < 4.78 is 2.08. The molecule has 0 saturated heterocycles. The number of rotatable bonds is 4. The van der Waals surface area contributed by atoms with Crippen molar-refractivity contribution in [2.45, 2.75) is 46.7 Å². The summed E-state index contributed by atoms with van der Waals surface area (Å²) in [7, 11) is 0. The molecule has 0 fully saturated rings. The Hall–Kier alpha value is -1.61. The lowest BCUT2D eigenvalue weighted by Crippen LogP contribution is -2.18. The number of hydrogen-bond donors (Lipinski definition) is 1. The highest BCUT2D eigenvalue weighted by Crippen LogP contribution is 2.16. The van der Waals surface area contributed by atoms with E-state index in [1.807, 2.05) is 6.92 Å². The quantitative estimate of drug-likeness (QED) is 0.915. The van der Waals surface area contributed by atoms with Crippen molar-refractivity contribution < 1.29 is 0 Å². The minimum absolute atomic E-state index is 0.175. The lowest BCUT2D eigenvalue weighted by molar-refractivity contribution is 0.656. The van der Waals surface area contributed by atoms with E-state index < -0.39 is 0 Å². The van der Waals surface area contributed by atoms with Crippen LogP contribution < -0.4 is 5.73 Å². The topological polar surface area (TPSA) is 43.8 Å². The maximum atomic E-state index is 5.90. The largest absolute Gasteiger partial charge is 0.328 e. The fourth-order valence-corrected chi connectivity index (χ4v) is 2.37. The third-order valence-corrected chi connectivity index (χ3v) is 3.51. The molecule has 2 N–H and O–H groups in total. The molecule has 0 aliphatic carbocycles. The second-order valence-corrected chi connectivity index (χ2v) is 5.47. The Balaban J connectivity index is 2.23. The summed E-state index contributed by atoms with van der Waals surface area (Å²) in [6.07, 6.45) is 0.894. The van der Waals surface area contributed by atoms with E-state index in [9.17, 15) is 0 Å². The van der Waals surface area contributed by atoms with Crippen LogP contribution in [0.15, 0.2) is 24.3 Å². The number of nitrogens with zero attached hydrogens (tertiary/aromatic N) is 2. The highest BCUT2D eigenvalue weighted by molar-refractivity contribution is 5.27. The van der Waals surface area contributed by atoms with Crippen LogP contribution in [0.2, 0.25) is 0 Å². The van der Waals surface area contributed by atoms with Gasteiger partial charge in [-0.2, -0.15) is 5.10 Å². The molecular formula is C16H23N3. The van der Waals surface area contributed by atoms with Crippen LogP contribution in [-0.4, -0.2) is 15.8 Å². The fourth-order valence-electron chi connectivity index (χ4n) is 2.37. The van der Waals surface area contributed by atoms with Gasteiger partial charge in [0.05, 0.1) is 12.2 Å². The molecule has 0 bridgehead atoms. The number of benzene rings is 1. The molecule has 3 heteroatoms. The van der Waals surface area contributed by atoms with Gasteiger partial charge in [0.2, 0.25) is 0 Å². The summed E-state index contributed by atoms with van der Waals surface area (Å²) in [6.45, 7) is 9.16. The molecule has 0 aliphatic rings. The Morgan fingerprint density at radius 2 is 1.79 bits per heavy atom. The lowest BCUT2D eigenvalue weighted by atomic mass is 10.1. The predicted octanol–water partition coefficient (Wildman–Crippen LogP) is 2.75. The average molecular weight is 257 g/mol. The maximum absolute atomic E-state index is 5.90. The van der Waals surface area contributed by atoms with Crippen molar-refractivity contribution >= 4 is 0 Å². The molecule has 0 saturated carbocycles. The van der Waals surface area contributed by atoms with Crippen LogP contribution in [0, 0.1) is 20.8 Å². The van der Waals surface area contributed by atoms with E-state index in [2.05, 4.69) is 54.8 Å². The smallest absolute Gasteiger partial charge is 0.0662 e. The van der Waals surface area contributed by atoms with E-state index >= 15 is 0 Å². The van der Waals surface area contributed by atoms with Gasteiger partial charge in [-0.1, -0.05) is 29.8 Å². The molecule has 102 valence electrons. The predicted molar refractivity (Wildman–Crippen MR) is 79.3 cm³/mol. The van der Waals surface area contributed by atoms with E-state index in [1.54, 1.807) is 0 Å². The van der Waals surface area contributed by atoms with Crippen LogP contribution in [0.5, 0.6) is 0 Å². The van der Waals surface area contributed by atoms with Gasteiger partial charge in [-0.05, 0) is 45.2 Å². The molecule has 19 heavy (non-hydrogen) atoms. The van der Waals surface area contributed by atoms with Crippen LogP contribution in [0.3, 0.4) is 0 Å². The normalized spacial score (nSPS) is 12.7. The molecule has 2 rings (SSSR count). The first-order valence-electron chi connectivity index (χ1n) is 6.81. The van der Waals surface area contributed by atoms with Crippen LogP contribution in [0.4, 0.5) is 0 Å². The number of hydrogen-bond acceptors (Lipinski definition) is 2. The van der Waals surface area contributed by atoms with Gasteiger partial charge in [-0.15, -0.1) is 0 Å². The summed E-state index contributed by atoms with van der Waals surface area (Å²) >= 11 is 0. The summed E-state index contributed by atoms with van der Waals surface area (Å²) in [6, 6.07) is 8.79. The van der Waals surface area contributed by atoms with E-state index in [0.717, 1.165) is 18.7 Å². The summed E-state index contributed by atoms with van der Waals surface area (Å²) in [4.78, 5) is 0. The zero-order valence-corrected chi connectivity index (χ0v) is 12.3. The third-order valence-electron chi connectivity index (χ3n) is 3.51. The zero-order chi connectivity index (χ0) is 14.0. The Bertz CT molecular complexity index is 550. The van der Waals surface area contributed by atoms with Crippen molar-refractivity contribution in [3.8, 4) is 0 Å². The van der Waals surface area contributed by atoms with Crippen molar-refractivity contribution in [1.82, 2.24) is 9.78 Å². The van der Waals surface area contributed by atoms with Gasteiger partial charge < -0.3 is 5.73 Å². The van der Waals surface area contributed by atoms with Crippen molar-refractivity contribution in [3.63, 3.8) is 0 Å². The second kappa shape index (κ2) is 5.57. The first-order valence-corrected chi connectivity index (χ1v) is 6.81. The number of nitrogens with two attached hydrogens (primary N) is 1. The van der Waals surface area contributed by atoms with Gasteiger partial charge in [-0.3, -0.25) is 4.68 Å². The number of aromatic nitrogens is 2. The molecule has 0 aliphatic heterocycles. The number of aryl methyl sites for hydroxylation is 2. The molecular weight excluding hydrogens is 234 g/mol. The van der Waals surface area contributed by atoms with Crippen LogP contribution in [0.1, 0.15) is 35.0 Å². The highest BCUT2D eigenvalue weighted by atomic mass is 15.3. The molecule has 1 unspecified atom stereocenters. The Labute approximate surface area is 115 Å². The monoisotopic (exact) mass is 257 g/mol. The minimum atomic E-state index is 0.175. The minimum Gasteiger partial charge on any atom is -0.328 e. The molecule has 0 amide bonds. The SMILES string of the molecule is Cc1ccc(Cn2nc(C)c(CC(C)N)c2C)cc1. The zero-order valence-electron chi connectivity index (χ0n) is 12.3. The van der Waals surface area contributed by atoms with E-state index in [-0.39, 0.29) is 6.04 Å². The van der Waals surface area contributed by atoms with Crippen molar-refractivity contribution in [3.05, 3.63) is 52.3 Å². The standard InChI is InChI=1S/C16H23N3/c1-11-5-7-15(8-6-11)10-19-14(4)16(9-12(2)17)13(3)18-19/h5-8,12H,9-10,17H2,1-4H3. The average Bonchev–Trinajstić information content (AvgIpc) is 2.60. The Morgan fingerprint density at radius 3 is 2.37 bits per heavy atom. The first-order chi connectivity index (χ1) is 8.97. The van der Waals surface area contributed by atoms with E-state index in [0.29, 0.717) is 0 Å². The van der Waals surface area contributed by atoms with E-state index in [4.69, 9.17) is 5.73 Å². The van der Waals surface area contributed by atoms with Gasteiger partial charge in [0.15, 0.2) is 0 Å². The second-order valence-electron chi connectivity index (χ2n) is 5.47. The van der Waals surface area contributed by atoms with Gasteiger partial charge in [0.1, 0.15) is 0 Å². The molecule has 1 aromatic heterocycles. The molecule has 1 atom stereocenters. The highest BCUT2D eigenvalue weighted by Gasteiger charge is 2.12. The van der Waals surface area contributed by atoms with Crippen molar-refractivity contribution in [2.75, 3.05) is 0 Å². The summed E-state index contributed by atoms with van der Waals surface area (Å²) in [5, 5.41) is 4.64. The molecule has 0 spiro atoms. The molecule has 2 aromatic rings. The summed E-state index contributed by atoms with van der Waals surface area (Å²) in [5.74, 6) is 0. The van der Waals surface area contributed by atoms with Crippen molar-refractivity contribution in [1.29, 1.82) is 0 Å². The van der Waals surface area contributed by atoms with Gasteiger partial charge in [-0.25, -0.2) is 0 Å². The Kier molecular flexibility index (Phi) is 4.05. The molecule has 0 radical (unpaired) electrons. The fraction of sp³-hybridized carbons (Fsp3) is 0.438. The maximum Gasteiger partial charge on any atom is 0.0662 e. The first kappa shape index (κ1) is 13.8. The molecule has 1 heterocycles. The van der Waals surface area contributed by atoms with Crippen LogP contribution in [-0.2, 0) is 13.0 Å². The van der Waals surface area contributed by atoms with Gasteiger partial charge >= 0.3 is 0 Å². The Morgan fingerprint density at radius 1 is 1.16 bits per heavy atom. The third kappa shape index (κ3) is 3.24.